The molecule has 140 heavy (non-hydrogen) atoms. The molecule has 7 aromatic carbocycles. The predicted molar refractivity (Wildman–Crippen MR) is 538 cm³/mol. The fraction of sp³-hybridized carbons (Fsp3) is 0.382. The number of hydrazone groups is 1. The van der Waals surface area contributed by atoms with Gasteiger partial charge in [0.05, 0.1) is 54.8 Å². The Balaban J connectivity index is 0.000000551. The molecule has 0 aliphatic rings. The van der Waals surface area contributed by atoms with E-state index in [1.807, 2.05) is 90.1 Å². The molecule has 0 aliphatic heterocycles. The number of carbonyl (C=O) groups is 14. The highest BCUT2D eigenvalue weighted by molar-refractivity contribution is 6.69. The van der Waals surface area contributed by atoms with Gasteiger partial charge < -0.3 is 57.3 Å². The van der Waals surface area contributed by atoms with Gasteiger partial charge >= 0.3 is 48.9 Å². The number of ketones is 2. The highest BCUT2D eigenvalue weighted by Crippen LogP contribution is 2.46. The topological polar surface area (TPSA) is 395 Å². The summed E-state index contributed by atoms with van der Waals surface area (Å²) in [6.07, 6.45) is -7.67. The monoisotopic (exact) mass is 2030 g/mol. The van der Waals surface area contributed by atoms with Crippen LogP contribution in [0.2, 0.25) is 25.1 Å². The molecule has 10 amide bonds. The number of nitrogens with zero attached hydrogens (tertiary/aromatic N) is 7. The second kappa shape index (κ2) is 44.0. The molecule has 0 aliphatic carbocycles. The number of ether oxygens (including phenoxy) is 10. The van der Waals surface area contributed by atoms with Crippen molar-refractivity contribution < 1.29 is 114 Å². The van der Waals surface area contributed by atoms with Gasteiger partial charge in [-0.2, -0.15) is 10.1 Å². The Labute approximate surface area is 837 Å². The molecule has 33 nitrogen and oxygen atoms in total. The third-order valence-electron chi connectivity index (χ3n) is 19.8. The number of fused-ring (bicyclic) bond motifs is 2. The van der Waals surface area contributed by atoms with Gasteiger partial charge in [-0.05, 0) is 307 Å². The normalized spacial score (nSPS) is 12.2. The standard InChI is InChI=1S/C74H84Cl5N7O18.C28H32N2O6/c1-39-34-56(85(67(97)103-73(18,19)20)62(92)58(43(5)88)80-86(68(98)104-74(21,22)23)57-36-45(31-33-50(57)78)60(90)83(65(95)101-71(12,13)14)53-29-25-27-48(76)41(53)3)51(79)37-54(39)84(66(96)102-72(15,16)17)61(91)46(42(4)87)38-81(63(93)99-69(6,7)8)55-35-44(30-32-49(55)77)59(89)82(64(94)100-70(9,10)11)52-28-24-26-47(75)40(52)2;1-7-27(3,4)35-25(31)33-23-17-13-9-11-15-19(17)29-21(23)22-24(18-14-10-12-16-20(18)30-22)34-26(32)36-28(5,6)8-2/h24-38H,1-23H3;9-16,29-30H,7-8H2,1-6H3/b46-38+,80-58+;. The third kappa shape index (κ3) is 28.9. The van der Waals surface area contributed by atoms with Crippen molar-refractivity contribution in [3.63, 3.8) is 0 Å². The van der Waals surface area contributed by atoms with E-state index in [0.29, 0.717) is 76.9 Å². The number of rotatable bonds is 21. The number of nitrogens with one attached hydrogen (secondary N) is 2. The Morgan fingerprint density at radius 2 is 0.707 bits per heavy atom. The fourth-order valence-electron chi connectivity index (χ4n) is 12.7. The van der Waals surface area contributed by atoms with E-state index in [-0.39, 0.29) is 64.6 Å². The number of carbonyl (C=O) groups excluding carboxylic acids is 14. The van der Waals surface area contributed by atoms with Gasteiger partial charge in [-0.3, -0.25) is 33.7 Å². The molecule has 0 unspecified atom stereocenters. The highest BCUT2D eigenvalue weighted by atomic mass is 35.5. The number of H-pyrrole nitrogens is 2. The first-order valence-corrected chi connectivity index (χ1v) is 46.0. The number of Topliss-reactive ketones (excluding diaryl/α,β-unsaturated/α-hetero) is 2. The Morgan fingerprint density at radius 1 is 0.350 bits per heavy atom. The Bertz CT molecular complexity index is 6060. The maximum absolute atomic E-state index is 15.6. The van der Waals surface area contributed by atoms with E-state index in [0.717, 1.165) is 55.2 Å². The molecular weight excluding hydrogens is 1910 g/mol. The first-order valence-electron chi connectivity index (χ1n) is 44.1. The number of halogens is 5. The molecule has 2 aromatic heterocycles. The summed E-state index contributed by atoms with van der Waals surface area (Å²) >= 11 is 33.8. The van der Waals surface area contributed by atoms with Crippen LogP contribution in [0.1, 0.15) is 230 Å². The Kier molecular flexibility index (Phi) is 35.2. The van der Waals surface area contributed by atoms with Crippen LogP contribution in [0, 0.1) is 20.8 Å². The molecule has 748 valence electrons. The number of imide groups is 4. The van der Waals surface area contributed by atoms with Gasteiger partial charge in [-0.15, -0.1) is 0 Å². The second-order valence-corrected chi connectivity index (χ2v) is 41.3. The van der Waals surface area contributed by atoms with E-state index in [2.05, 4.69) is 15.1 Å². The summed E-state index contributed by atoms with van der Waals surface area (Å²) in [6.45, 7) is 44.3. The molecular formula is C102H116Cl5N9O24. The number of amides is 10. The highest BCUT2D eigenvalue weighted by Gasteiger charge is 2.43. The predicted octanol–water partition coefficient (Wildman–Crippen LogP) is 26.6. The van der Waals surface area contributed by atoms with Gasteiger partial charge in [0.2, 0.25) is 0 Å². The quantitative estimate of drug-likeness (QED) is 0.0128. The zero-order valence-corrected chi connectivity index (χ0v) is 87.3. The van der Waals surface area contributed by atoms with E-state index in [9.17, 15) is 57.5 Å². The summed E-state index contributed by atoms with van der Waals surface area (Å²) in [5.41, 5.74) is -11.2. The van der Waals surface area contributed by atoms with Crippen molar-refractivity contribution in [2.45, 2.75) is 258 Å². The maximum atomic E-state index is 15.6. The average molecular weight is 2030 g/mol. The van der Waals surface area contributed by atoms with E-state index in [4.69, 9.17) is 105 Å². The smallest absolute Gasteiger partial charge is 0.443 e. The average Bonchev–Trinajstić information content (AvgIpc) is 1.64. The van der Waals surface area contributed by atoms with Crippen LogP contribution in [0.3, 0.4) is 0 Å². The summed E-state index contributed by atoms with van der Waals surface area (Å²) in [4.78, 5) is 211. The number of para-hydroxylation sites is 2. The zero-order valence-electron chi connectivity index (χ0n) is 83.5. The lowest BCUT2D eigenvalue weighted by Gasteiger charge is -2.30. The first kappa shape index (κ1) is 112. The largest absolute Gasteiger partial charge is 0.514 e. The van der Waals surface area contributed by atoms with E-state index in [1.54, 1.807) is 55.4 Å². The van der Waals surface area contributed by atoms with Crippen molar-refractivity contribution in [3.05, 3.63) is 198 Å². The van der Waals surface area contributed by atoms with E-state index >= 15 is 9.59 Å². The van der Waals surface area contributed by atoms with Crippen molar-refractivity contribution in [3.8, 4) is 22.9 Å². The number of anilines is 6. The number of aryl methyl sites for hydroxylation is 1. The fourth-order valence-corrected chi connectivity index (χ4v) is 13.7. The van der Waals surface area contributed by atoms with Gasteiger partial charge in [0.15, 0.2) is 28.8 Å². The van der Waals surface area contributed by atoms with Crippen molar-refractivity contribution in [2.75, 3.05) is 29.5 Å². The van der Waals surface area contributed by atoms with Crippen LogP contribution in [0.25, 0.3) is 33.2 Å². The lowest BCUT2D eigenvalue weighted by Crippen LogP contribution is -2.47. The molecule has 9 aromatic rings. The first-order chi connectivity index (χ1) is 64.5. The van der Waals surface area contributed by atoms with Crippen LogP contribution in [0.5, 0.6) is 11.5 Å². The zero-order chi connectivity index (χ0) is 105. The summed E-state index contributed by atoms with van der Waals surface area (Å²) < 4.78 is 56.8. The lowest BCUT2D eigenvalue weighted by molar-refractivity contribution is -0.120. The molecule has 0 bridgehead atoms. The van der Waals surface area contributed by atoms with Crippen LogP contribution in [-0.4, -0.2) is 145 Å². The minimum atomic E-state index is -1.64. The number of aromatic amines is 2. The van der Waals surface area contributed by atoms with Gasteiger partial charge in [-0.1, -0.05) is 108 Å². The van der Waals surface area contributed by atoms with Crippen LogP contribution in [-0.2, 0) is 57.1 Å². The molecule has 0 radical (unpaired) electrons. The number of aromatic nitrogens is 2. The van der Waals surface area contributed by atoms with Gasteiger partial charge in [0, 0.05) is 56.1 Å². The molecule has 2 N–H and O–H groups in total. The minimum Gasteiger partial charge on any atom is -0.443 e. The van der Waals surface area contributed by atoms with Gasteiger partial charge in [-0.25, -0.2) is 58.0 Å². The molecule has 0 saturated carbocycles. The molecule has 38 heteroatoms. The molecule has 0 saturated heterocycles. The summed E-state index contributed by atoms with van der Waals surface area (Å²) in [5, 5.41) is 5.00. The molecule has 9 rings (SSSR count). The Hall–Kier alpha value is -13.3. The lowest BCUT2D eigenvalue weighted by atomic mass is 10.1. The van der Waals surface area contributed by atoms with E-state index in [1.165, 1.54) is 145 Å². The van der Waals surface area contributed by atoms with Gasteiger partial charge in [0.25, 0.3) is 23.6 Å². The molecule has 0 spiro atoms. The third-order valence-corrected chi connectivity index (χ3v) is 21.6. The number of benzene rings is 7. The molecule has 0 atom stereocenters. The molecule has 0 fully saturated rings. The van der Waals surface area contributed by atoms with Crippen molar-refractivity contribution >= 4 is 204 Å². The SMILES string of the molecule is CC(=O)/C(=C\N(C(=O)OC(C)(C)C)c1cc(C(=O)N(C(=O)OC(C)(C)C)c2cccc(Cl)c2C)ccc1Cl)C(=O)N(C(=O)OC(C)(C)C)c1cc(Cl)c(N(C(=O)OC(C)(C)C)C(=O)/C(=N/N(C(=O)OC(C)(C)C)c2cc(C(=O)N(C(=O)OC(C)(C)C)c3cccc(Cl)c3C)ccc2Cl)C(C)=O)cc1C.CCC(C)(C)OC(=O)Oc1c(-c2[nH]c3ccccc3c2OC(=O)OC(C)(C)CC)[nH]c2ccccc12. The van der Waals surface area contributed by atoms with Crippen LogP contribution in [0.15, 0.2) is 150 Å². The molecule has 2 heterocycles. The van der Waals surface area contributed by atoms with Crippen LogP contribution in [0.4, 0.5) is 72.5 Å². The second-order valence-electron chi connectivity index (χ2n) is 39.3. The Morgan fingerprint density at radius 3 is 1.09 bits per heavy atom. The number of hydrogen-bond donors (Lipinski definition) is 2. The maximum Gasteiger partial charge on any atom is 0.514 e. The summed E-state index contributed by atoms with van der Waals surface area (Å²) in [5.74, 6) is -7.04. The van der Waals surface area contributed by atoms with Crippen LogP contribution >= 0.6 is 58.0 Å². The number of hydrogen-bond acceptors (Lipinski definition) is 25. The van der Waals surface area contributed by atoms with Gasteiger partial charge in [0.1, 0.15) is 56.2 Å². The van der Waals surface area contributed by atoms with Crippen molar-refractivity contribution in [1.29, 1.82) is 0 Å². The minimum absolute atomic E-state index is 0.00602. The van der Waals surface area contributed by atoms with E-state index < -0.39 is 168 Å². The summed E-state index contributed by atoms with van der Waals surface area (Å²) in [6, 6.07) is 32.5. The van der Waals surface area contributed by atoms with Crippen molar-refractivity contribution in [2.24, 2.45) is 5.10 Å². The summed E-state index contributed by atoms with van der Waals surface area (Å²) in [7, 11) is 0. The van der Waals surface area contributed by atoms with Crippen molar-refractivity contribution in [1.82, 2.24) is 9.97 Å². The van der Waals surface area contributed by atoms with Crippen LogP contribution < -0.4 is 39.0 Å².